The Labute approximate surface area is 101 Å². The maximum absolute atomic E-state index is 9.71. The molecule has 2 nitrogen and oxygen atoms in total. The summed E-state index contributed by atoms with van der Waals surface area (Å²) in [7, 11) is 1.67. The molecule has 0 aromatic heterocycles. The second kappa shape index (κ2) is 4.50. The van der Waals surface area contributed by atoms with Crippen LogP contribution in [0.3, 0.4) is 0 Å². The molecule has 88 valence electrons. The third-order valence-electron chi connectivity index (χ3n) is 2.95. The van der Waals surface area contributed by atoms with Gasteiger partial charge in [-0.05, 0) is 48.2 Å². The first-order chi connectivity index (χ1) is 8.11. The maximum atomic E-state index is 9.71. The smallest absolute Gasteiger partial charge is 0.122 e. The molecule has 0 aliphatic rings. The number of phenolic OH excluding ortho intramolecular Hbond substituents is 1. The van der Waals surface area contributed by atoms with Crippen molar-refractivity contribution in [3.63, 3.8) is 0 Å². The van der Waals surface area contributed by atoms with Crippen LogP contribution in [0.25, 0.3) is 11.1 Å². The van der Waals surface area contributed by atoms with Crippen LogP contribution >= 0.6 is 0 Å². The number of phenols is 1. The number of ether oxygens (including phenoxy) is 1. The lowest BCUT2D eigenvalue weighted by Gasteiger charge is -2.09. The zero-order valence-electron chi connectivity index (χ0n) is 10.3. The SMILES string of the molecule is COc1cc(-c2ccc(C)c(O)c2)ccc1C. The van der Waals surface area contributed by atoms with Crippen LogP contribution in [0.4, 0.5) is 0 Å². The molecule has 0 radical (unpaired) electrons. The normalized spacial score (nSPS) is 10.3. The number of aromatic hydroxyl groups is 1. The first-order valence-electron chi connectivity index (χ1n) is 5.56. The zero-order chi connectivity index (χ0) is 12.4. The van der Waals surface area contributed by atoms with Crippen LogP contribution in [0.5, 0.6) is 11.5 Å². The van der Waals surface area contributed by atoms with Crippen molar-refractivity contribution in [1.82, 2.24) is 0 Å². The molecule has 1 N–H and O–H groups in total. The minimum absolute atomic E-state index is 0.321. The number of benzene rings is 2. The number of hydrogen-bond donors (Lipinski definition) is 1. The van der Waals surface area contributed by atoms with Crippen molar-refractivity contribution in [1.29, 1.82) is 0 Å². The quantitative estimate of drug-likeness (QED) is 0.849. The molecular weight excluding hydrogens is 212 g/mol. The molecule has 0 bridgehead atoms. The van der Waals surface area contributed by atoms with Crippen LogP contribution in [0.1, 0.15) is 11.1 Å². The number of aryl methyl sites for hydroxylation is 2. The van der Waals surface area contributed by atoms with Gasteiger partial charge in [0.05, 0.1) is 7.11 Å². The van der Waals surface area contributed by atoms with Crippen LogP contribution in [-0.2, 0) is 0 Å². The van der Waals surface area contributed by atoms with Gasteiger partial charge >= 0.3 is 0 Å². The number of rotatable bonds is 2. The van der Waals surface area contributed by atoms with E-state index in [0.29, 0.717) is 5.75 Å². The molecule has 17 heavy (non-hydrogen) atoms. The third-order valence-corrected chi connectivity index (χ3v) is 2.95. The number of methoxy groups -OCH3 is 1. The summed E-state index contributed by atoms with van der Waals surface area (Å²) in [5.74, 6) is 1.18. The lowest BCUT2D eigenvalue weighted by molar-refractivity contribution is 0.412. The standard InChI is InChI=1S/C15H16O2/c1-10-4-6-12(8-14(10)16)13-7-5-11(2)15(9-13)17-3/h4-9,16H,1-3H3. The summed E-state index contributed by atoms with van der Waals surface area (Å²) in [6.07, 6.45) is 0. The molecule has 0 saturated heterocycles. The van der Waals surface area contributed by atoms with E-state index < -0.39 is 0 Å². The van der Waals surface area contributed by atoms with E-state index in [0.717, 1.165) is 28.0 Å². The average Bonchev–Trinajstić information content (AvgIpc) is 2.33. The predicted octanol–water partition coefficient (Wildman–Crippen LogP) is 3.68. The van der Waals surface area contributed by atoms with E-state index in [9.17, 15) is 5.11 Å². The lowest BCUT2D eigenvalue weighted by Crippen LogP contribution is -1.88. The Bertz CT molecular complexity index is 545. The minimum atomic E-state index is 0.321. The zero-order valence-corrected chi connectivity index (χ0v) is 10.3. The summed E-state index contributed by atoms with van der Waals surface area (Å²) in [5, 5.41) is 9.71. The van der Waals surface area contributed by atoms with Gasteiger partial charge in [-0.1, -0.05) is 24.3 Å². The summed E-state index contributed by atoms with van der Waals surface area (Å²) in [6, 6.07) is 11.7. The molecule has 0 spiro atoms. The highest BCUT2D eigenvalue weighted by Crippen LogP contribution is 2.29. The molecule has 0 aliphatic carbocycles. The molecule has 0 heterocycles. The molecule has 0 amide bonds. The van der Waals surface area contributed by atoms with Crippen molar-refractivity contribution in [2.24, 2.45) is 0 Å². The summed E-state index contributed by atoms with van der Waals surface area (Å²) in [5.41, 5.74) is 4.02. The fourth-order valence-corrected chi connectivity index (χ4v) is 1.79. The van der Waals surface area contributed by atoms with Crippen molar-refractivity contribution >= 4 is 0 Å². The number of hydrogen-bond acceptors (Lipinski definition) is 2. The summed E-state index contributed by atoms with van der Waals surface area (Å²) < 4.78 is 5.30. The van der Waals surface area contributed by atoms with Gasteiger partial charge in [-0.2, -0.15) is 0 Å². The van der Waals surface area contributed by atoms with Crippen molar-refractivity contribution in [3.05, 3.63) is 47.5 Å². The van der Waals surface area contributed by atoms with E-state index in [-0.39, 0.29) is 0 Å². The Morgan fingerprint density at radius 2 is 1.47 bits per heavy atom. The van der Waals surface area contributed by atoms with E-state index in [1.807, 2.05) is 44.2 Å². The summed E-state index contributed by atoms with van der Waals surface area (Å²) in [4.78, 5) is 0. The summed E-state index contributed by atoms with van der Waals surface area (Å²) in [6.45, 7) is 3.89. The highest BCUT2D eigenvalue weighted by atomic mass is 16.5. The van der Waals surface area contributed by atoms with Crippen molar-refractivity contribution < 1.29 is 9.84 Å². The Balaban J connectivity index is 2.49. The molecule has 2 rings (SSSR count). The second-order valence-corrected chi connectivity index (χ2v) is 4.19. The molecular formula is C15H16O2. The monoisotopic (exact) mass is 228 g/mol. The largest absolute Gasteiger partial charge is 0.508 e. The molecule has 0 aliphatic heterocycles. The molecule has 2 aromatic carbocycles. The van der Waals surface area contributed by atoms with Crippen LogP contribution in [0.2, 0.25) is 0 Å². The van der Waals surface area contributed by atoms with Crippen LogP contribution < -0.4 is 4.74 Å². The Morgan fingerprint density at radius 1 is 0.882 bits per heavy atom. The molecule has 2 aromatic rings. The van der Waals surface area contributed by atoms with E-state index in [4.69, 9.17) is 4.74 Å². The topological polar surface area (TPSA) is 29.5 Å². The lowest BCUT2D eigenvalue weighted by atomic mass is 10.0. The highest BCUT2D eigenvalue weighted by molar-refractivity contribution is 5.68. The Kier molecular flexibility index (Phi) is 3.05. The Hall–Kier alpha value is -1.96. The van der Waals surface area contributed by atoms with Gasteiger partial charge < -0.3 is 9.84 Å². The first kappa shape index (κ1) is 11.5. The van der Waals surface area contributed by atoms with E-state index >= 15 is 0 Å². The highest BCUT2D eigenvalue weighted by Gasteiger charge is 2.04. The van der Waals surface area contributed by atoms with Gasteiger partial charge in [0.15, 0.2) is 0 Å². The van der Waals surface area contributed by atoms with Gasteiger partial charge in [0, 0.05) is 0 Å². The maximum Gasteiger partial charge on any atom is 0.122 e. The molecule has 0 unspecified atom stereocenters. The fraction of sp³-hybridized carbons (Fsp3) is 0.200. The molecule has 0 saturated carbocycles. The first-order valence-corrected chi connectivity index (χ1v) is 5.56. The molecule has 2 heteroatoms. The van der Waals surface area contributed by atoms with Gasteiger partial charge in [-0.15, -0.1) is 0 Å². The van der Waals surface area contributed by atoms with E-state index in [1.54, 1.807) is 13.2 Å². The molecule has 0 fully saturated rings. The van der Waals surface area contributed by atoms with Gasteiger partial charge in [0.25, 0.3) is 0 Å². The van der Waals surface area contributed by atoms with Crippen molar-refractivity contribution in [3.8, 4) is 22.6 Å². The fourth-order valence-electron chi connectivity index (χ4n) is 1.79. The average molecular weight is 228 g/mol. The minimum Gasteiger partial charge on any atom is -0.508 e. The predicted molar refractivity (Wildman–Crippen MR) is 69.6 cm³/mol. The van der Waals surface area contributed by atoms with Crippen molar-refractivity contribution in [2.75, 3.05) is 7.11 Å². The summed E-state index contributed by atoms with van der Waals surface area (Å²) >= 11 is 0. The second-order valence-electron chi connectivity index (χ2n) is 4.19. The van der Waals surface area contributed by atoms with Crippen molar-refractivity contribution in [2.45, 2.75) is 13.8 Å². The Morgan fingerprint density at radius 3 is 2.06 bits per heavy atom. The van der Waals surface area contributed by atoms with Gasteiger partial charge in [0.1, 0.15) is 11.5 Å². The molecule has 0 atom stereocenters. The van der Waals surface area contributed by atoms with Gasteiger partial charge in [-0.25, -0.2) is 0 Å². The van der Waals surface area contributed by atoms with Crippen LogP contribution in [-0.4, -0.2) is 12.2 Å². The van der Waals surface area contributed by atoms with Gasteiger partial charge in [-0.3, -0.25) is 0 Å². The third kappa shape index (κ3) is 2.26. The van der Waals surface area contributed by atoms with Gasteiger partial charge in [0.2, 0.25) is 0 Å². The van der Waals surface area contributed by atoms with Crippen LogP contribution in [0, 0.1) is 13.8 Å². The van der Waals surface area contributed by atoms with Crippen LogP contribution in [0.15, 0.2) is 36.4 Å². The van der Waals surface area contributed by atoms with E-state index in [1.165, 1.54) is 0 Å². The van der Waals surface area contributed by atoms with E-state index in [2.05, 4.69) is 0 Å².